The first-order chi connectivity index (χ1) is 5.24. The summed E-state index contributed by atoms with van der Waals surface area (Å²) in [5, 5.41) is 3.67. The molecule has 0 aromatic heterocycles. The normalized spacial score (nSPS) is 18.2. The molecule has 0 radical (unpaired) electrons. The van der Waals surface area contributed by atoms with Gasteiger partial charge in [-0.05, 0) is 25.2 Å². The Morgan fingerprint density at radius 3 is 2.64 bits per heavy atom. The van der Waals surface area contributed by atoms with E-state index in [2.05, 4.69) is 9.99 Å². The number of nitrogens with zero attached hydrogens (tertiary/aromatic N) is 1. The van der Waals surface area contributed by atoms with E-state index in [4.69, 9.17) is 0 Å². The van der Waals surface area contributed by atoms with Crippen molar-refractivity contribution in [1.29, 1.82) is 0 Å². The minimum atomic E-state index is 0.0266. The van der Waals surface area contributed by atoms with Crippen LogP contribution < -0.4 is 0 Å². The zero-order valence-corrected chi connectivity index (χ0v) is 6.96. The number of hydrogen-bond donors (Lipinski definition) is 0. The van der Waals surface area contributed by atoms with Crippen LogP contribution >= 0.6 is 0 Å². The second-order valence-corrected chi connectivity index (χ2v) is 2.92. The number of hydrogen-bond acceptors (Lipinski definition) is 3. The maximum absolute atomic E-state index is 10.9. The molecule has 3 heteroatoms. The molecule has 11 heavy (non-hydrogen) atoms. The lowest BCUT2D eigenvalue weighted by Crippen LogP contribution is -2.10. The quantitative estimate of drug-likeness (QED) is 0.454. The molecule has 1 fully saturated rings. The average Bonchev–Trinajstić information content (AvgIpc) is 2.70. The van der Waals surface area contributed by atoms with Gasteiger partial charge in [-0.1, -0.05) is 5.16 Å². The average molecular weight is 155 g/mol. The Kier molecular flexibility index (Phi) is 2.63. The Labute approximate surface area is 66.4 Å². The number of rotatable bonds is 4. The van der Waals surface area contributed by atoms with Crippen molar-refractivity contribution in [3.63, 3.8) is 0 Å². The van der Waals surface area contributed by atoms with E-state index < -0.39 is 0 Å². The summed E-state index contributed by atoms with van der Waals surface area (Å²) >= 11 is 0. The largest absolute Gasteiger partial charge is 0.399 e. The monoisotopic (exact) mass is 155 g/mol. The maximum atomic E-state index is 10.9. The van der Waals surface area contributed by atoms with Gasteiger partial charge in [0, 0.05) is 6.92 Å². The summed E-state index contributed by atoms with van der Waals surface area (Å²) in [6.45, 7) is 1.53. The van der Waals surface area contributed by atoms with E-state index in [0.717, 1.165) is 6.42 Å². The van der Waals surface area contributed by atoms with Crippen LogP contribution in [-0.2, 0) is 9.63 Å². The van der Waals surface area contributed by atoms with Crippen LogP contribution in [0.5, 0.6) is 0 Å². The summed E-state index contributed by atoms with van der Waals surface area (Å²) in [6.07, 6.45) is 3.26. The minimum absolute atomic E-state index is 0.0266. The smallest absolute Gasteiger partial charge is 0.177 e. The molecule has 1 aliphatic carbocycles. The molecular formula is C8H13NO2. The summed E-state index contributed by atoms with van der Waals surface area (Å²) < 4.78 is 0. The van der Waals surface area contributed by atoms with Crippen LogP contribution in [0.15, 0.2) is 5.16 Å². The topological polar surface area (TPSA) is 38.7 Å². The van der Waals surface area contributed by atoms with Gasteiger partial charge < -0.3 is 4.84 Å². The molecule has 0 aromatic carbocycles. The van der Waals surface area contributed by atoms with Crippen molar-refractivity contribution in [2.45, 2.75) is 26.2 Å². The fourth-order valence-electron chi connectivity index (χ4n) is 0.951. The Morgan fingerprint density at radius 2 is 2.27 bits per heavy atom. The highest BCUT2D eigenvalue weighted by atomic mass is 16.6. The Bertz CT molecular complexity index is 183. The molecule has 0 amide bonds. The SMILES string of the molecule is CON=C(CC1CC1)C(C)=O. The van der Waals surface area contributed by atoms with Gasteiger partial charge in [-0.2, -0.15) is 0 Å². The van der Waals surface area contributed by atoms with Crippen LogP contribution in [0.4, 0.5) is 0 Å². The second-order valence-electron chi connectivity index (χ2n) is 2.92. The van der Waals surface area contributed by atoms with Gasteiger partial charge in [0.2, 0.25) is 0 Å². The predicted octanol–water partition coefficient (Wildman–Crippen LogP) is 1.38. The second kappa shape index (κ2) is 3.51. The lowest BCUT2D eigenvalue weighted by Gasteiger charge is -1.98. The van der Waals surface area contributed by atoms with Crippen LogP contribution in [0.25, 0.3) is 0 Å². The molecule has 0 atom stereocenters. The molecule has 0 bridgehead atoms. The lowest BCUT2D eigenvalue weighted by atomic mass is 10.1. The first-order valence-electron chi connectivity index (χ1n) is 3.85. The summed E-state index contributed by atoms with van der Waals surface area (Å²) in [6, 6.07) is 0. The Morgan fingerprint density at radius 1 is 1.64 bits per heavy atom. The van der Waals surface area contributed by atoms with Crippen molar-refractivity contribution in [3.8, 4) is 0 Å². The molecule has 3 nitrogen and oxygen atoms in total. The van der Waals surface area contributed by atoms with Crippen LogP contribution in [-0.4, -0.2) is 18.6 Å². The van der Waals surface area contributed by atoms with Crippen molar-refractivity contribution in [2.24, 2.45) is 11.1 Å². The van der Waals surface area contributed by atoms with Gasteiger partial charge in [-0.3, -0.25) is 4.79 Å². The summed E-state index contributed by atoms with van der Waals surface area (Å²) in [4.78, 5) is 15.4. The number of carbonyl (C=O) groups excluding carboxylic acids is 1. The van der Waals surface area contributed by atoms with Gasteiger partial charge in [-0.15, -0.1) is 0 Å². The number of Topliss-reactive ketones (excluding diaryl/α,β-unsaturated/α-hetero) is 1. The summed E-state index contributed by atoms with van der Waals surface area (Å²) in [5.41, 5.74) is 0.579. The van der Waals surface area contributed by atoms with Gasteiger partial charge in [0.15, 0.2) is 5.78 Å². The fraction of sp³-hybridized carbons (Fsp3) is 0.750. The van der Waals surface area contributed by atoms with E-state index in [1.54, 1.807) is 0 Å². The Balaban J connectivity index is 2.43. The lowest BCUT2D eigenvalue weighted by molar-refractivity contribution is -0.111. The van der Waals surface area contributed by atoms with Gasteiger partial charge in [0.25, 0.3) is 0 Å². The van der Waals surface area contributed by atoms with Gasteiger partial charge in [0.05, 0.1) is 0 Å². The van der Waals surface area contributed by atoms with Crippen molar-refractivity contribution >= 4 is 11.5 Å². The van der Waals surface area contributed by atoms with Crippen LogP contribution in [0.2, 0.25) is 0 Å². The van der Waals surface area contributed by atoms with Crippen LogP contribution in [0, 0.1) is 5.92 Å². The molecule has 62 valence electrons. The van der Waals surface area contributed by atoms with Crippen LogP contribution in [0.1, 0.15) is 26.2 Å². The van der Waals surface area contributed by atoms with E-state index in [9.17, 15) is 4.79 Å². The minimum Gasteiger partial charge on any atom is -0.399 e. The van der Waals surface area contributed by atoms with E-state index in [0.29, 0.717) is 11.6 Å². The Hall–Kier alpha value is -0.860. The van der Waals surface area contributed by atoms with Gasteiger partial charge in [0.1, 0.15) is 12.8 Å². The first-order valence-corrected chi connectivity index (χ1v) is 3.85. The number of ketones is 1. The molecule has 0 saturated heterocycles. The molecule has 0 aromatic rings. The van der Waals surface area contributed by atoms with E-state index in [-0.39, 0.29) is 5.78 Å². The predicted molar refractivity (Wildman–Crippen MR) is 42.5 cm³/mol. The third-order valence-electron chi connectivity index (χ3n) is 1.79. The van der Waals surface area contributed by atoms with Crippen molar-refractivity contribution < 1.29 is 9.63 Å². The molecule has 0 N–H and O–H groups in total. The fourth-order valence-corrected chi connectivity index (χ4v) is 0.951. The van der Waals surface area contributed by atoms with E-state index in [1.807, 2.05) is 0 Å². The summed E-state index contributed by atoms with van der Waals surface area (Å²) in [7, 11) is 1.47. The molecule has 0 spiro atoms. The summed E-state index contributed by atoms with van der Waals surface area (Å²) in [5.74, 6) is 0.714. The molecule has 0 unspecified atom stereocenters. The van der Waals surface area contributed by atoms with Crippen molar-refractivity contribution in [3.05, 3.63) is 0 Å². The third kappa shape index (κ3) is 2.70. The van der Waals surface area contributed by atoms with Gasteiger partial charge >= 0.3 is 0 Å². The third-order valence-corrected chi connectivity index (χ3v) is 1.79. The van der Waals surface area contributed by atoms with Crippen LogP contribution in [0.3, 0.4) is 0 Å². The zero-order chi connectivity index (χ0) is 8.27. The van der Waals surface area contributed by atoms with Crippen molar-refractivity contribution in [1.82, 2.24) is 0 Å². The standard InChI is InChI=1S/C8H13NO2/c1-6(10)8(9-11-2)5-7-3-4-7/h7H,3-5H2,1-2H3. The van der Waals surface area contributed by atoms with E-state index >= 15 is 0 Å². The number of oxime groups is 1. The van der Waals surface area contributed by atoms with Crippen molar-refractivity contribution in [2.75, 3.05) is 7.11 Å². The zero-order valence-electron chi connectivity index (χ0n) is 6.96. The van der Waals surface area contributed by atoms with Gasteiger partial charge in [-0.25, -0.2) is 0 Å². The molecule has 0 aliphatic heterocycles. The molecule has 1 aliphatic rings. The molecular weight excluding hydrogens is 142 g/mol. The molecule has 0 heterocycles. The highest BCUT2D eigenvalue weighted by Gasteiger charge is 2.25. The number of carbonyl (C=O) groups is 1. The first kappa shape index (κ1) is 8.24. The molecule has 1 saturated carbocycles. The van der Waals surface area contributed by atoms with E-state index in [1.165, 1.54) is 26.9 Å². The maximum Gasteiger partial charge on any atom is 0.177 e. The molecule has 1 rings (SSSR count). The highest BCUT2D eigenvalue weighted by Crippen LogP contribution is 2.32. The highest BCUT2D eigenvalue weighted by molar-refractivity contribution is 6.38.